The van der Waals surface area contributed by atoms with Gasteiger partial charge in [0.15, 0.2) is 0 Å². The quantitative estimate of drug-likeness (QED) is 0.756. The highest BCUT2D eigenvalue weighted by Crippen LogP contribution is 2.22. The number of aryl methyl sites for hydroxylation is 1. The van der Waals surface area contributed by atoms with Crippen LogP contribution in [0.2, 0.25) is 0 Å². The van der Waals surface area contributed by atoms with Crippen molar-refractivity contribution in [3.05, 3.63) is 83.6 Å². The zero-order valence-corrected chi connectivity index (χ0v) is 13.6. The number of carboxylic acid groups (broad SMARTS) is 1. The molecule has 0 atom stereocenters. The second-order valence-electron chi connectivity index (χ2n) is 5.61. The van der Waals surface area contributed by atoms with Crippen LogP contribution in [-0.4, -0.2) is 22.0 Å². The van der Waals surface area contributed by atoms with Crippen molar-refractivity contribution in [3.8, 4) is 11.1 Å². The zero-order chi connectivity index (χ0) is 17.8. The van der Waals surface area contributed by atoms with Gasteiger partial charge in [-0.2, -0.15) is 0 Å². The van der Waals surface area contributed by atoms with Gasteiger partial charge in [-0.25, -0.2) is 9.78 Å². The van der Waals surface area contributed by atoms with Gasteiger partial charge in [-0.05, 0) is 42.3 Å². The van der Waals surface area contributed by atoms with Gasteiger partial charge in [-0.15, -0.1) is 0 Å². The summed E-state index contributed by atoms with van der Waals surface area (Å²) in [4.78, 5) is 27.7. The molecule has 5 heteroatoms. The largest absolute Gasteiger partial charge is 0.478 e. The van der Waals surface area contributed by atoms with Crippen molar-refractivity contribution in [1.29, 1.82) is 0 Å². The topological polar surface area (TPSA) is 79.3 Å². The molecule has 3 aromatic rings. The minimum atomic E-state index is -1.14. The summed E-state index contributed by atoms with van der Waals surface area (Å²) in [6.07, 6.45) is 1.44. The van der Waals surface area contributed by atoms with Crippen LogP contribution in [0.15, 0.2) is 66.9 Å². The fourth-order valence-electron chi connectivity index (χ4n) is 2.52. The summed E-state index contributed by atoms with van der Waals surface area (Å²) in [7, 11) is 0. The molecule has 124 valence electrons. The Bertz CT molecular complexity index is 951. The molecule has 0 unspecified atom stereocenters. The number of hydrogen-bond donors (Lipinski definition) is 2. The van der Waals surface area contributed by atoms with Gasteiger partial charge in [-0.3, -0.25) is 4.79 Å². The normalized spacial score (nSPS) is 10.3. The number of hydrogen-bond acceptors (Lipinski definition) is 3. The number of nitrogens with one attached hydrogen (secondary N) is 1. The SMILES string of the molecule is Cc1cccc(-c2cccc(C(=O)Nc3ncccc3C(=O)O)c2)c1. The average Bonchev–Trinajstić information content (AvgIpc) is 2.62. The third kappa shape index (κ3) is 3.72. The van der Waals surface area contributed by atoms with Gasteiger partial charge in [0.05, 0.1) is 0 Å². The molecule has 0 fully saturated rings. The molecule has 0 saturated carbocycles. The van der Waals surface area contributed by atoms with Crippen LogP contribution < -0.4 is 5.32 Å². The fourth-order valence-corrected chi connectivity index (χ4v) is 2.52. The minimum absolute atomic E-state index is 0.0287. The van der Waals surface area contributed by atoms with E-state index in [1.54, 1.807) is 18.2 Å². The Labute approximate surface area is 145 Å². The molecule has 1 aromatic heterocycles. The summed E-state index contributed by atoms with van der Waals surface area (Å²) in [6.45, 7) is 2.01. The van der Waals surface area contributed by atoms with Crippen molar-refractivity contribution < 1.29 is 14.7 Å². The van der Waals surface area contributed by atoms with E-state index in [2.05, 4.69) is 10.3 Å². The van der Waals surface area contributed by atoms with Gasteiger partial charge >= 0.3 is 5.97 Å². The molecule has 25 heavy (non-hydrogen) atoms. The number of benzene rings is 2. The molecular formula is C20H16N2O3. The first kappa shape index (κ1) is 16.4. The highest BCUT2D eigenvalue weighted by Gasteiger charge is 2.14. The van der Waals surface area contributed by atoms with Crippen LogP contribution in [-0.2, 0) is 0 Å². The van der Waals surface area contributed by atoms with Gasteiger partial charge in [0.2, 0.25) is 0 Å². The van der Waals surface area contributed by atoms with E-state index in [1.807, 2.05) is 37.3 Å². The molecule has 2 aromatic carbocycles. The lowest BCUT2D eigenvalue weighted by Crippen LogP contribution is -2.16. The number of carbonyl (C=O) groups excluding carboxylic acids is 1. The van der Waals surface area contributed by atoms with E-state index in [9.17, 15) is 14.7 Å². The van der Waals surface area contributed by atoms with Gasteiger partial charge in [0.25, 0.3) is 5.91 Å². The molecule has 3 rings (SSSR count). The molecule has 0 aliphatic carbocycles. The molecule has 5 nitrogen and oxygen atoms in total. The smallest absolute Gasteiger partial charge is 0.339 e. The summed E-state index contributed by atoms with van der Waals surface area (Å²) in [6, 6.07) is 18.1. The van der Waals surface area contributed by atoms with Gasteiger partial charge < -0.3 is 10.4 Å². The summed E-state index contributed by atoms with van der Waals surface area (Å²) in [5.74, 6) is -1.52. The van der Waals surface area contributed by atoms with Crippen molar-refractivity contribution in [1.82, 2.24) is 4.98 Å². The Balaban J connectivity index is 1.89. The van der Waals surface area contributed by atoms with E-state index >= 15 is 0 Å². The number of nitrogens with zero attached hydrogens (tertiary/aromatic N) is 1. The first-order valence-corrected chi connectivity index (χ1v) is 7.71. The van der Waals surface area contributed by atoms with E-state index in [-0.39, 0.29) is 11.4 Å². The minimum Gasteiger partial charge on any atom is -0.478 e. The fraction of sp³-hybridized carbons (Fsp3) is 0.0500. The van der Waals surface area contributed by atoms with Crippen LogP contribution in [0.4, 0.5) is 5.82 Å². The predicted octanol–water partition coefficient (Wildman–Crippen LogP) is 4.01. The molecule has 0 bridgehead atoms. The second kappa shape index (κ2) is 6.97. The number of carboxylic acids is 1. The van der Waals surface area contributed by atoms with Crippen molar-refractivity contribution in [3.63, 3.8) is 0 Å². The summed E-state index contributed by atoms with van der Waals surface area (Å²) in [5.41, 5.74) is 3.44. The van der Waals surface area contributed by atoms with E-state index in [0.717, 1.165) is 16.7 Å². The zero-order valence-electron chi connectivity index (χ0n) is 13.6. The Morgan fingerprint density at radius 1 is 0.960 bits per heavy atom. The van der Waals surface area contributed by atoms with Gasteiger partial charge in [0, 0.05) is 11.8 Å². The highest BCUT2D eigenvalue weighted by atomic mass is 16.4. The van der Waals surface area contributed by atoms with E-state index in [0.29, 0.717) is 5.56 Å². The first-order chi connectivity index (χ1) is 12.0. The second-order valence-corrected chi connectivity index (χ2v) is 5.61. The van der Waals surface area contributed by atoms with Crippen molar-refractivity contribution in [2.75, 3.05) is 5.32 Å². The number of aromatic carboxylic acids is 1. The monoisotopic (exact) mass is 332 g/mol. The summed E-state index contributed by atoms with van der Waals surface area (Å²) in [5, 5.41) is 11.7. The number of carbonyl (C=O) groups is 2. The molecule has 2 N–H and O–H groups in total. The average molecular weight is 332 g/mol. The maximum absolute atomic E-state index is 12.5. The number of aromatic nitrogens is 1. The summed E-state index contributed by atoms with van der Waals surface area (Å²) < 4.78 is 0. The van der Waals surface area contributed by atoms with E-state index < -0.39 is 11.9 Å². The standard InChI is InChI=1S/C20H16N2O3/c1-13-5-2-6-14(11-13)15-7-3-8-16(12-15)19(23)22-18-17(20(24)25)9-4-10-21-18/h2-12H,1H3,(H,24,25)(H,21,22,23). The maximum Gasteiger partial charge on any atom is 0.339 e. The predicted molar refractivity (Wildman–Crippen MR) is 95.8 cm³/mol. The maximum atomic E-state index is 12.5. The molecule has 0 saturated heterocycles. The molecule has 0 aliphatic rings. The summed E-state index contributed by atoms with van der Waals surface area (Å²) >= 11 is 0. The lowest BCUT2D eigenvalue weighted by molar-refractivity contribution is 0.0697. The van der Waals surface area contributed by atoms with Crippen LogP contribution in [0.5, 0.6) is 0 Å². The molecule has 1 amide bonds. The third-order valence-corrected chi connectivity index (χ3v) is 3.75. The third-order valence-electron chi connectivity index (χ3n) is 3.75. The van der Waals surface area contributed by atoms with Gasteiger partial charge in [-0.1, -0.05) is 42.0 Å². The van der Waals surface area contributed by atoms with Gasteiger partial charge in [0.1, 0.15) is 11.4 Å². The van der Waals surface area contributed by atoms with Crippen LogP contribution in [0.1, 0.15) is 26.3 Å². The number of rotatable bonds is 4. The van der Waals surface area contributed by atoms with E-state index in [1.165, 1.54) is 18.3 Å². The molecular weight excluding hydrogens is 316 g/mol. The lowest BCUT2D eigenvalue weighted by atomic mass is 10.0. The van der Waals surface area contributed by atoms with Crippen molar-refractivity contribution in [2.24, 2.45) is 0 Å². The Kier molecular flexibility index (Phi) is 4.57. The van der Waals surface area contributed by atoms with Crippen LogP contribution >= 0.6 is 0 Å². The van der Waals surface area contributed by atoms with Crippen molar-refractivity contribution in [2.45, 2.75) is 6.92 Å². The van der Waals surface area contributed by atoms with E-state index in [4.69, 9.17) is 0 Å². The number of amides is 1. The number of pyridine rings is 1. The molecule has 0 radical (unpaired) electrons. The number of anilines is 1. The Morgan fingerprint density at radius 2 is 1.68 bits per heavy atom. The Morgan fingerprint density at radius 3 is 2.40 bits per heavy atom. The van der Waals surface area contributed by atoms with Crippen molar-refractivity contribution >= 4 is 17.7 Å². The Hall–Kier alpha value is -3.47. The first-order valence-electron chi connectivity index (χ1n) is 7.71. The van der Waals surface area contributed by atoms with Crippen LogP contribution in [0, 0.1) is 6.92 Å². The van der Waals surface area contributed by atoms with Crippen LogP contribution in [0.25, 0.3) is 11.1 Å². The highest BCUT2D eigenvalue weighted by molar-refractivity contribution is 6.07. The molecule has 1 heterocycles. The molecule has 0 spiro atoms. The molecule has 0 aliphatic heterocycles. The lowest BCUT2D eigenvalue weighted by Gasteiger charge is -2.09. The van der Waals surface area contributed by atoms with Crippen LogP contribution in [0.3, 0.4) is 0 Å².